The fourth-order valence-corrected chi connectivity index (χ4v) is 1.83. The Labute approximate surface area is 95.9 Å². The zero-order valence-electron chi connectivity index (χ0n) is 9.45. The van der Waals surface area contributed by atoms with Crippen molar-refractivity contribution in [2.45, 2.75) is 0 Å². The highest BCUT2D eigenvalue weighted by Crippen LogP contribution is 2.18. The van der Waals surface area contributed by atoms with Gasteiger partial charge in [0.25, 0.3) is 0 Å². The summed E-state index contributed by atoms with van der Waals surface area (Å²) in [6.07, 6.45) is 0. The Morgan fingerprint density at radius 2 is 2.00 bits per heavy atom. The number of hydrogen-bond donors (Lipinski definition) is 2. The number of benzene rings is 1. The highest BCUT2D eigenvalue weighted by Gasteiger charge is 2.13. The first-order valence-corrected chi connectivity index (χ1v) is 5.75. The molecule has 0 bridgehead atoms. The molecule has 0 unspecified atom stereocenters. The van der Waals surface area contributed by atoms with E-state index in [1.165, 1.54) is 0 Å². The third-order valence-corrected chi connectivity index (χ3v) is 2.83. The Kier molecular flexibility index (Phi) is 4.02. The van der Waals surface area contributed by atoms with Gasteiger partial charge in [-0.05, 0) is 12.1 Å². The van der Waals surface area contributed by atoms with Crippen LogP contribution in [0.25, 0.3) is 0 Å². The number of hydrogen-bond acceptors (Lipinski definition) is 3. The van der Waals surface area contributed by atoms with Gasteiger partial charge in [-0.25, -0.2) is 0 Å². The van der Waals surface area contributed by atoms with Crippen LogP contribution in [0.2, 0.25) is 0 Å². The Hall–Kier alpha value is -1.26. The summed E-state index contributed by atoms with van der Waals surface area (Å²) in [7, 11) is 0. The second-order valence-corrected chi connectivity index (χ2v) is 4.00. The van der Waals surface area contributed by atoms with E-state index in [1.54, 1.807) is 4.90 Å². The topological polar surface area (TPSA) is 48.9 Å². The third-order valence-electron chi connectivity index (χ3n) is 2.83. The van der Waals surface area contributed by atoms with Crippen molar-refractivity contribution in [3.63, 3.8) is 0 Å². The smallest absolute Gasteiger partial charge is 0.142 e. The van der Waals surface area contributed by atoms with Crippen molar-refractivity contribution in [3.8, 4) is 5.75 Å². The highest BCUT2D eigenvalue weighted by atomic mass is 16.5. The van der Waals surface area contributed by atoms with E-state index in [9.17, 15) is 0 Å². The molecule has 0 spiro atoms. The van der Waals surface area contributed by atoms with E-state index < -0.39 is 0 Å². The van der Waals surface area contributed by atoms with Crippen LogP contribution in [0.1, 0.15) is 0 Å². The Balaban J connectivity index is 1.73. The predicted octanol–water partition coefficient (Wildman–Crippen LogP) is -0.437. The molecule has 3 N–H and O–H groups in total. The first kappa shape index (κ1) is 11.2. The van der Waals surface area contributed by atoms with Crippen LogP contribution in [0.3, 0.4) is 0 Å². The lowest BCUT2D eigenvalue weighted by molar-refractivity contribution is -0.908. The monoisotopic (exact) mass is 223 g/mol. The first-order chi connectivity index (χ1) is 7.86. The SMILES string of the molecule is Nc1ccccc1OCC[NH+]1CCOCC1. The Bertz CT molecular complexity index is 325. The predicted molar refractivity (Wildman–Crippen MR) is 62.7 cm³/mol. The molecule has 0 aliphatic carbocycles. The molecule has 16 heavy (non-hydrogen) atoms. The number of para-hydroxylation sites is 2. The number of nitrogens with one attached hydrogen (secondary N) is 1. The molecule has 4 heteroatoms. The molecule has 4 nitrogen and oxygen atoms in total. The van der Waals surface area contributed by atoms with Gasteiger partial charge in [-0.3, -0.25) is 0 Å². The van der Waals surface area contributed by atoms with E-state index in [-0.39, 0.29) is 0 Å². The highest BCUT2D eigenvalue weighted by molar-refractivity contribution is 5.51. The van der Waals surface area contributed by atoms with Gasteiger partial charge in [0.15, 0.2) is 0 Å². The lowest BCUT2D eigenvalue weighted by atomic mass is 10.3. The third kappa shape index (κ3) is 3.12. The summed E-state index contributed by atoms with van der Waals surface area (Å²) in [6.45, 7) is 5.61. The van der Waals surface area contributed by atoms with Crippen LogP contribution in [0.5, 0.6) is 5.75 Å². The second-order valence-electron chi connectivity index (χ2n) is 4.00. The molecule has 1 aromatic carbocycles. The molecule has 0 atom stereocenters. The second kappa shape index (κ2) is 5.72. The maximum absolute atomic E-state index is 5.79. The zero-order valence-corrected chi connectivity index (χ0v) is 9.45. The number of rotatable bonds is 4. The van der Waals surface area contributed by atoms with Crippen LogP contribution in [0.15, 0.2) is 24.3 Å². The van der Waals surface area contributed by atoms with Gasteiger partial charge in [-0.1, -0.05) is 12.1 Å². The van der Waals surface area contributed by atoms with E-state index >= 15 is 0 Å². The van der Waals surface area contributed by atoms with E-state index in [1.807, 2.05) is 24.3 Å². The van der Waals surface area contributed by atoms with Crippen LogP contribution in [-0.2, 0) is 4.74 Å². The van der Waals surface area contributed by atoms with Crippen molar-refractivity contribution in [1.29, 1.82) is 0 Å². The van der Waals surface area contributed by atoms with Crippen molar-refractivity contribution in [1.82, 2.24) is 0 Å². The molecule has 88 valence electrons. The number of nitrogens with two attached hydrogens (primary N) is 1. The summed E-state index contributed by atoms with van der Waals surface area (Å²) in [6, 6.07) is 7.61. The van der Waals surface area contributed by atoms with Crippen molar-refractivity contribution < 1.29 is 14.4 Å². The summed E-state index contributed by atoms with van der Waals surface area (Å²) >= 11 is 0. The minimum Gasteiger partial charge on any atom is -0.486 e. The largest absolute Gasteiger partial charge is 0.486 e. The number of quaternary nitrogens is 1. The Morgan fingerprint density at radius 1 is 1.25 bits per heavy atom. The number of morpholine rings is 1. The van der Waals surface area contributed by atoms with Gasteiger partial charge in [0.1, 0.15) is 32.0 Å². The molecule has 1 aliphatic heterocycles. The lowest BCUT2D eigenvalue weighted by Crippen LogP contribution is -3.14. The first-order valence-electron chi connectivity index (χ1n) is 5.75. The van der Waals surface area contributed by atoms with Crippen LogP contribution in [-0.4, -0.2) is 39.5 Å². The summed E-state index contributed by atoms with van der Waals surface area (Å²) in [5.74, 6) is 0.787. The summed E-state index contributed by atoms with van der Waals surface area (Å²) < 4.78 is 11.0. The molecule has 1 fully saturated rings. The van der Waals surface area contributed by atoms with Gasteiger partial charge < -0.3 is 20.1 Å². The summed E-state index contributed by atoms with van der Waals surface area (Å²) in [5, 5.41) is 0. The van der Waals surface area contributed by atoms with Crippen LogP contribution in [0, 0.1) is 0 Å². The van der Waals surface area contributed by atoms with E-state index in [4.69, 9.17) is 15.2 Å². The summed E-state index contributed by atoms with van der Waals surface area (Å²) in [5.41, 5.74) is 6.50. The summed E-state index contributed by atoms with van der Waals surface area (Å²) in [4.78, 5) is 1.54. The molecular weight excluding hydrogens is 204 g/mol. The fraction of sp³-hybridized carbons (Fsp3) is 0.500. The molecule has 0 radical (unpaired) electrons. The quantitative estimate of drug-likeness (QED) is 0.681. The van der Waals surface area contributed by atoms with Crippen molar-refractivity contribution in [3.05, 3.63) is 24.3 Å². The molecule has 0 amide bonds. The van der Waals surface area contributed by atoms with Crippen LogP contribution >= 0.6 is 0 Å². The minimum atomic E-state index is 0.708. The minimum absolute atomic E-state index is 0.708. The van der Waals surface area contributed by atoms with E-state index in [2.05, 4.69) is 0 Å². The molecule has 1 aromatic rings. The van der Waals surface area contributed by atoms with Gasteiger partial charge in [0.2, 0.25) is 0 Å². The average molecular weight is 223 g/mol. The van der Waals surface area contributed by atoms with E-state index in [0.717, 1.165) is 38.6 Å². The Morgan fingerprint density at radius 3 is 2.75 bits per heavy atom. The van der Waals surface area contributed by atoms with Crippen LogP contribution < -0.4 is 15.4 Å². The molecule has 1 heterocycles. The van der Waals surface area contributed by atoms with Crippen molar-refractivity contribution in [2.75, 3.05) is 45.2 Å². The van der Waals surface area contributed by atoms with Gasteiger partial charge >= 0.3 is 0 Å². The maximum Gasteiger partial charge on any atom is 0.142 e. The lowest BCUT2D eigenvalue weighted by Gasteiger charge is -2.23. The van der Waals surface area contributed by atoms with Gasteiger partial charge in [-0.2, -0.15) is 0 Å². The number of anilines is 1. The molecule has 1 saturated heterocycles. The molecule has 1 aliphatic rings. The average Bonchev–Trinajstić information content (AvgIpc) is 2.33. The fourth-order valence-electron chi connectivity index (χ4n) is 1.83. The standard InChI is InChI=1S/C12H18N2O2/c13-11-3-1-2-4-12(11)16-10-7-14-5-8-15-9-6-14/h1-4H,5-10,13H2/p+1. The molecule has 0 aromatic heterocycles. The normalized spacial score (nSPS) is 17.2. The van der Waals surface area contributed by atoms with Crippen LogP contribution in [0.4, 0.5) is 5.69 Å². The van der Waals surface area contributed by atoms with Gasteiger partial charge in [-0.15, -0.1) is 0 Å². The zero-order chi connectivity index (χ0) is 11.2. The molecular formula is C12H19N2O2+. The molecule has 0 saturated carbocycles. The maximum atomic E-state index is 5.79. The molecule has 2 rings (SSSR count). The van der Waals surface area contributed by atoms with Crippen molar-refractivity contribution in [2.24, 2.45) is 0 Å². The number of ether oxygens (including phenoxy) is 2. The number of nitrogen functional groups attached to an aromatic ring is 1. The van der Waals surface area contributed by atoms with Gasteiger partial charge in [0, 0.05) is 0 Å². The van der Waals surface area contributed by atoms with Crippen molar-refractivity contribution >= 4 is 5.69 Å². The van der Waals surface area contributed by atoms with Gasteiger partial charge in [0.05, 0.1) is 18.9 Å². The van der Waals surface area contributed by atoms with E-state index in [0.29, 0.717) is 12.3 Å².